The molecule has 6 heteroatoms. The number of hydrogen-bond donors (Lipinski definition) is 2. The molecule has 2 atom stereocenters. The second-order valence-corrected chi connectivity index (χ2v) is 7.50. The van der Waals surface area contributed by atoms with E-state index in [0.29, 0.717) is 24.7 Å². The minimum atomic E-state index is -3.57. The van der Waals surface area contributed by atoms with Gasteiger partial charge in [0, 0.05) is 6.04 Å². The van der Waals surface area contributed by atoms with Gasteiger partial charge in [-0.1, -0.05) is 13.8 Å². The molecule has 0 bridgehead atoms. The number of ether oxygens (including phenoxy) is 1. The summed E-state index contributed by atoms with van der Waals surface area (Å²) in [6.07, 6.45) is -0.177. The third-order valence-electron chi connectivity index (χ3n) is 2.77. The Balaban J connectivity index is 2.71. The summed E-state index contributed by atoms with van der Waals surface area (Å²) in [7, 11) is -3.57. The fourth-order valence-electron chi connectivity index (χ4n) is 1.87. The second kappa shape index (κ2) is 7.77. The maximum atomic E-state index is 12.2. The highest BCUT2D eigenvalue weighted by molar-refractivity contribution is 7.89. The topological polar surface area (TPSA) is 75.6 Å². The first-order chi connectivity index (χ1) is 9.70. The number of rotatable bonds is 8. The maximum Gasteiger partial charge on any atom is 0.240 e. The highest BCUT2D eigenvalue weighted by Crippen LogP contribution is 2.17. The van der Waals surface area contributed by atoms with E-state index in [1.165, 1.54) is 12.1 Å². The molecule has 0 aliphatic rings. The van der Waals surface area contributed by atoms with E-state index in [4.69, 9.17) is 4.74 Å². The highest BCUT2D eigenvalue weighted by Gasteiger charge is 2.18. The highest BCUT2D eigenvalue weighted by atomic mass is 32.2. The fourth-order valence-corrected chi connectivity index (χ4v) is 3.13. The van der Waals surface area contributed by atoms with Gasteiger partial charge in [0.25, 0.3) is 0 Å². The number of hydrogen-bond acceptors (Lipinski definition) is 4. The normalized spacial score (nSPS) is 15.0. The van der Waals surface area contributed by atoms with E-state index in [-0.39, 0.29) is 10.9 Å². The van der Waals surface area contributed by atoms with Crippen molar-refractivity contribution in [2.75, 3.05) is 6.61 Å². The predicted octanol–water partition coefficient (Wildman–Crippen LogP) is 2.16. The average Bonchev–Trinajstić information content (AvgIpc) is 2.35. The molecule has 21 heavy (non-hydrogen) atoms. The number of aliphatic hydroxyl groups excluding tert-OH is 1. The van der Waals surface area contributed by atoms with E-state index < -0.39 is 16.1 Å². The van der Waals surface area contributed by atoms with Crippen molar-refractivity contribution in [3.63, 3.8) is 0 Å². The lowest BCUT2D eigenvalue weighted by atomic mass is 10.2. The Morgan fingerprint density at radius 2 is 1.71 bits per heavy atom. The standard InChI is InChI=1S/C15H25NO4S/c1-11(2)10-20-14-5-7-15(8-6-14)21(18,19)16-12(3)9-13(4)17/h5-8,11-13,16-17H,9-10H2,1-4H3. The zero-order valence-electron chi connectivity index (χ0n) is 13.0. The molecule has 0 radical (unpaired) electrons. The van der Waals surface area contributed by atoms with Crippen molar-refractivity contribution in [1.29, 1.82) is 0 Å². The van der Waals surface area contributed by atoms with Crippen LogP contribution in [0.3, 0.4) is 0 Å². The maximum absolute atomic E-state index is 12.2. The van der Waals surface area contributed by atoms with Crippen LogP contribution in [0.2, 0.25) is 0 Å². The molecule has 1 aromatic rings. The first-order valence-electron chi connectivity index (χ1n) is 7.14. The molecule has 0 amide bonds. The van der Waals surface area contributed by atoms with Crippen LogP contribution in [0.25, 0.3) is 0 Å². The first-order valence-corrected chi connectivity index (χ1v) is 8.62. The van der Waals surface area contributed by atoms with E-state index in [1.807, 2.05) is 13.8 Å². The van der Waals surface area contributed by atoms with Gasteiger partial charge in [0.15, 0.2) is 0 Å². The predicted molar refractivity (Wildman–Crippen MR) is 82.9 cm³/mol. The number of sulfonamides is 1. The fraction of sp³-hybridized carbons (Fsp3) is 0.600. The van der Waals surface area contributed by atoms with Crippen LogP contribution in [0.1, 0.15) is 34.1 Å². The van der Waals surface area contributed by atoms with Crippen LogP contribution in [0, 0.1) is 5.92 Å². The second-order valence-electron chi connectivity index (χ2n) is 5.78. The summed E-state index contributed by atoms with van der Waals surface area (Å²) < 4.78 is 32.4. The number of nitrogens with one attached hydrogen (secondary N) is 1. The molecular formula is C15H25NO4S. The van der Waals surface area contributed by atoms with E-state index in [1.54, 1.807) is 26.0 Å². The van der Waals surface area contributed by atoms with Crippen LogP contribution < -0.4 is 9.46 Å². The zero-order valence-corrected chi connectivity index (χ0v) is 13.9. The first kappa shape index (κ1) is 17.9. The molecule has 0 saturated carbocycles. The SMILES string of the molecule is CC(C)COc1ccc(S(=O)(=O)NC(C)CC(C)O)cc1. The van der Waals surface area contributed by atoms with Gasteiger partial charge in [0.05, 0.1) is 17.6 Å². The molecule has 2 unspecified atom stereocenters. The van der Waals surface area contributed by atoms with Crippen molar-refractivity contribution in [2.45, 2.75) is 51.2 Å². The molecule has 2 N–H and O–H groups in total. The van der Waals surface area contributed by atoms with Gasteiger partial charge in [-0.15, -0.1) is 0 Å². The van der Waals surface area contributed by atoms with Crippen LogP contribution in [0.15, 0.2) is 29.2 Å². The van der Waals surface area contributed by atoms with E-state index in [9.17, 15) is 13.5 Å². The Kier molecular flexibility index (Phi) is 6.64. The Bertz CT molecular complexity index is 523. The van der Waals surface area contributed by atoms with Crippen molar-refractivity contribution < 1.29 is 18.3 Å². The average molecular weight is 315 g/mol. The monoisotopic (exact) mass is 315 g/mol. The summed E-state index contributed by atoms with van der Waals surface area (Å²) in [5, 5.41) is 9.28. The summed E-state index contributed by atoms with van der Waals surface area (Å²) >= 11 is 0. The van der Waals surface area contributed by atoms with Gasteiger partial charge in [0.1, 0.15) is 5.75 Å². The third kappa shape index (κ3) is 6.46. The van der Waals surface area contributed by atoms with Crippen molar-refractivity contribution in [3.05, 3.63) is 24.3 Å². The largest absolute Gasteiger partial charge is 0.493 e. The lowest BCUT2D eigenvalue weighted by Gasteiger charge is -2.16. The molecular weight excluding hydrogens is 290 g/mol. The molecule has 1 aromatic carbocycles. The molecule has 0 fully saturated rings. The molecule has 0 aromatic heterocycles. The van der Waals surface area contributed by atoms with Crippen LogP contribution in [0.4, 0.5) is 0 Å². The van der Waals surface area contributed by atoms with Gasteiger partial charge in [-0.3, -0.25) is 0 Å². The van der Waals surface area contributed by atoms with Crippen LogP contribution in [0.5, 0.6) is 5.75 Å². The van der Waals surface area contributed by atoms with Gasteiger partial charge in [-0.25, -0.2) is 13.1 Å². The van der Waals surface area contributed by atoms with Gasteiger partial charge >= 0.3 is 0 Å². The molecule has 0 heterocycles. The lowest BCUT2D eigenvalue weighted by molar-refractivity contribution is 0.175. The zero-order chi connectivity index (χ0) is 16.0. The quantitative estimate of drug-likeness (QED) is 0.771. The lowest BCUT2D eigenvalue weighted by Crippen LogP contribution is -2.34. The molecule has 5 nitrogen and oxygen atoms in total. The van der Waals surface area contributed by atoms with Gasteiger partial charge < -0.3 is 9.84 Å². The molecule has 120 valence electrons. The Morgan fingerprint density at radius 1 is 1.14 bits per heavy atom. The molecule has 0 saturated heterocycles. The minimum Gasteiger partial charge on any atom is -0.493 e. The summed E-state index contributed by atoms with van der Waals surface area (Å²) in [5.41, 5.74) is 0. The van der Waals surface area contributed by atoms with E-state index in [2.05, 4.69) is 4.72 Å². The van der Waals surface area contributed by atoms with Crippen molar-refractivity contribution in [1.82, 2.24) is 4.72 Å². The Morgan fingerprint density at radius 3 is 2.19 bits per heavy atom. The minimum absolute atomic E-state index is 0.192. The van der Waals surface area contributed by atoms with Crippen LogP contribution in [-0.2, 0) is 10.0 Å². The van der Waals surface area contributed by atoms with E-state index >= 15 is 0 Å². The van der Waals surface area contributed by atoms with Gasteiger partial charge in [0.2, 0.25) is 10.0 Å². The summed E-state index contributed by atoms with van der Waals surface area (Å²) in [6, 6.07) is 6.01. The van der Waals surface area contributed by atoms with Crippen LogP contribution >= 0.6 is 0 Å². The Labute approximate surface area is 127 Å². The number of benzene rings is 1. The van der Waals surface area contributed by atoms with Gasteiger partial charge in [-0.2, -0.15) is 0 Å². The molecule has 1 rings (SSSR count). The molecule has 0 aliphatic carbocycles. The Hall–Kier alpha value is -1.11. The van der Waals surface area contributed by atoms with Gasteiger partial charge in [-0.05, 0) is 50.5 Å². The smallest absolute Gasteiger partial charge is 0.240 e. The summed E-state index contributed by atoms with van der Waals surface area (Å²) in [4.78, 5) is 0.192. The summed E-state index contributed by atoms with van der Waals surface area (Å²) in [6.45, 7) is 8.05. The van der Waals surface area contributed by atoms with Crippen molar-refractivity contribution >= 4 is 10.0 Å². The van der Waals surface area contributed by atoms with E-state index in [0.717, 1.165) is 0 Å². The molecule has 0 aliphatic heterocycles. The van der Waals surface area contributed by atoms with Crippen molar-refractivity contribution in [2.24, 2.45) is 5.92 Å². The van der Waals surface area contributed by atoms with Crippen molar-refractivity contribution in [3.8, 4) is 5.75 Å². The summed E-state index contributed by atoms with van der Waals surface area (Å²) in [5.74, 6) is 1.07. The third-order valence-corrected chi connectivity index (χ3v) is 4.37. The number of aliphatic hydroxyl groups is 1. The molecule has 0 spiro atoms. The van der Waals surface area contributed by atoms with Crippen LogP contribution in [-0.4, -0.2) is 32.3 Å².